The fourth-order valence-electron chi connectivity index (χ4n) is 1.37. The van der Waals surface area contributed by atoms with E-state index in [9.17, 15) is 0 Å². The minimum absolute atomic E-state index is 0.651. The van der Waals surface area contributed by atoms with Crippen LogP contribution >= 0.6 is 11.6 Å². The van der Waals surface area contributed by atoms with Crippen molar-refractivity contribution in [3.63, 3.8) is 0 Å². The number of rotatable bonds is 5. The fourth-order valence-corrected chi connectivity index (χ4v) is 1.57. The third-order valence-corrected chi connectivity index (χ3v) is 2.36. The highest BCUT2D eigenvalue weighted by Gasteiger charge is 2.01. The molecule has 0 atom stereocenters. The van der Waals surface area contributed by atoms with Gasteiger partial charge in [-0.2, -0.15) is 0 Å². The summed E-state index contributed by atoms with van der Waals surface area (Å²) in [5, 5.41) is 0. The molecule has 2 heteroatoms. The lowest BCUT2D eigenvalue weighted by atomic mass is 10.2. The molecule has 0 aromatic heterocycles. The average Bonchev–Trinajstić information content (AvgIpc) is 2.26. The second kappa shape index (κ2) is 5.71. The molecule has 1 aromatic rings. The minimum atomic E-state index is 0.651. The summed E-state index contributed by atoms with van der Waals surface area (Å²) >= 11 is 5.72. The van der Waals surface area contributed by atoms with Crippen molar-refractivity contribution in [2.24, 2.45) is 0 Å². The molecule has 0 bridgehead atoms. The Labute approximate surface area is 91.0 Å². The maximum absolute atomic E-state index is 5.72. The average molecular weight is 209 g/mol. The van der Waals surface area contributed by atoms with Gasteiger partial charge in [-0.1, -0.05) is 24.8 Å². The van der Waals surface area contributed by atoms with Gasteiger partial charge in [-0.05, 0) is 24.6 Å². The molecule has 14 heavy (non-hydrogen) atoms. The second-order valence-corrected chi connectivity index (χ2v) is 3.40. The fraction of sp³-hybridized carbons (Fsp3) is 0.333. The van der Waals surface area contributed by atoms with Crippen LogP contribution in [0.4, 0.5) is 5.69 Å². The quantitative estimate of drug-likeness (QED) is 0.672. The van der Waals surface area contributed by atoms with Crippen LogP contribution in [-0.4, -0.2) is 19.0 Å². The van der Waals surface area contributed by atoms with Crippen LogP contribution in [0.3, 0.4) is 0 Å². The summed E-state index contributed by atoms with van der Waals surface area (Å²) in [6, 6.07) is 8.14. The topological polar surface area (TPSA) is 3.24 Å². The normalized spacial score (nSPS) is 9.86. The highest BCUT2D eigenvalue weighted by atomic mass is 35.5. The summed E-state index contributed by atoms with van der Waals surface area (Å²) in [6.45, 7) is 9.38. The molecule has 0 amide bonds. The lowest BCUT2D eigenvalue weighted by Gasteiger charge is -2.21. The van der Waals surface area contributed by atoms with Gasteiger partial charge in [0.2, 0.25) is 0 Å². The zero-order valence-corrected chi connectivity index (χ0v) is 9.17. The van der Waals surface area contributed by atoms with Gasteiger partial charge in [0.05, 0.1) is 0 Å². The van der Waals surface area contributed by atoms with Crippen LogP contribution in [0.2, 0.25) is 0 Å². The molecule has 1 rings (SSSR count). The number of alkyl halides is 1. The van der Waals surface area contributed by atoms with Crippen LogP contribution in [0, 0.1) is 6.58 Å². The molecule has 1 nitrogen and oxygen atoms in total. The van der Waals surface area contributed by atoms with E-state index >= 15 is 0 Å². The SMILES string of the molecule is [CH]=Cc1ccc(N(CC)CCCl)cc1. The van der Waals surface area contributed by atoms with E-state index in [0.29, 0.717) is 5.88 Å². The Morgan fingerprint density at radius 2 is 2.00 bits per heavy atom. The first-order valence-corrected chi connectivity index (χ1v) is 5.31. The van der Waals surface area contributed by atoms with Crippen molar-refractivity contribution in [1.82, 2.24) is 0 Å². The van der Waals surface area contributed by atoms with Crippen molar-refractivity contribution < 1.29 is 0 Å². The maximum atomic E-state index is 5.72. The van der Waals surface area contributed by atoms with E-state index in [1.807, 2.05) is 12.1 Å². The van der Waals surface area contributed by atoms with Crippen molar-refractivity contribution >= 4 is 23.4 Å². The monoisotopic (exact) mass is 208 g/mol. The van der Waals surface area contributed by atoms with Gasteiger partial charge in [0, 0.05) is 24.7 Å². The molecule has 1 aromatic carbocycles. The van der Waals surface area contributed by atoms with Gasteiger partial charge in [0.1, 0.15) is 0 Å². The number of anilines is 1. The van der Waals surface area contributed by atoms with Gasteiger partial charge < -0.3 is 4.90 Å². The van der Waals surface area contributed by atoms with Crippen LogP contribution in [0.25, 0.3) is 6.08 Å². The van der Waals surface area contributed by atoms with Crippen molar-refractivity contribution in [3.8, 4) is 0 Å². The number of hydrogen-bond donors (Lipinski definition) is 0. The molecule has 0 aliphatic rings. The van der Waals surface area contributed by atoms with Crippen molar-refractivity contribution in [2.45, 2.75) is 6.92 Å². The first kappa shape index (κ1) is 11.1. The highest BCUT2D eigenvalue weighted by molar-refractivity contribution is 6.18. The minimum Gasteiger partial charge on any atom is -0.371 e. The zero-order valence-electron chi connectivity index (χ0n) is 8.41. The molecule has 0 N–H and O–H groups in total. The molecule has 0 aliphatic heterocycles. The molecule has 0 aliphatic carbocycles. The smallest absolute Gasteiger partial charge is 0.0399 e. The molecule has 0 heterocycles. The number of hydrogen-bond acceptors (Lipinski definition) is 1. The Hall–Kier alpha value is -0.950. The molecule has 0 spiro atoms. The molecule has 75 valence electrons. The van der Waals surface area contributed by atoms with E-state index in [1.54, 1.807) is 6.08 Å². The largest absolute Gasteiger partial charge is 0.371 e. The van der Waals surface area contributed by atoms with E-state index in [2.05, 4.69) is 24.0 Å². The molecular formula is C12H15ClN. The van der Waals surface area contributed by atoms with E-state index < -0.39 is 0 Å². The Balaban J connectivity index is 2.77. The van der Waals surface area contributed by atoms with Gasteiger partial charge in [0.15, 0.2) is 0 Å². The van der Waals surface area contributed by atoms with Gasteiger partial charge in [-0.3, -0.25) is 0 Å². The zero-order chi connectivity index (χ0) is 10.4. The lowest BCUT2D eigenvalue weighted by Crippen LogP contribution is -2.24. The third-order valence-electron chi connectivity index (χ3n) is 2.19. The first-order chi connectivity index (χ1) is 6.81. The van der Waals surface area contributed by atoms with Gasteiger partial charge in [-0.15, -0.1) is 11.6 Å². The van der Waals surface area contributed by atoms with E-state index in [-0.39, 0.29) is 0 Å². The molecule has 0 fully saturated rings. The third kappa shape index (κ3) is 2.78. The highest BCUT2D eigenvalue weighted by Crippen LogP contribution is 2.15. The molecular weight excluding hydrogens is 194 g/mol. The van der Waals surface area contributed by atoms with Gasteiger partial charge >= 0.3 is 0 Å². The maximum Gasteiger partial charge on any atom is 0.0399 e. The number of halogens is 1. The lowest BCUT2D eigenvalue weighted by molar-refractivity contribution is 0.870. The first-order valence-electron chi connectivity index (χ1n) is 4.77. The standard InChI is InChI=1S/C12H15ClN/c1-3-11-5-7-12(8-6-11)14(4-2)10-9-13/h1,3,5-8H,4,9-10H2,2H3. The van der Waals surface area contributed by atoms with E-state index in [4.69, 9.17) is 18.2 Å². The summed E-state index contributed by atoms with van der Waals surface area (Å²) in [5.41, 5.74) is 2.23. The number of benzene rings is 1. The summed E-state index contributed by atoms with van der Waals surface area (Å²) in [5.74, 6) is 0.651. The van der Waals surface area contributed by atoms with Crippen molar-refractivity contribution in [1.29, 1.82) is 0 Å². The van der Waals surface area contributed by atoms with Crippen LogP contribution < -0.4 is 4.90 Å². The summed E-state index contributed by atoms with van der Waals surface area (Å²) in [6.07, 6.45) is 1.60. The predicted octanol–water partition coefficient (Wildman–Crippen LogP) is 3.20. The van der Waals surface area contributed by atoms with E-state index in [1.165, 1.54) is 5.69 Å². The van der Waals surface area contributed by atoms with Crippen LogP contribution in [0.1, 0.15) is 12.5 Å². The summed E-state index contributed by atoms with van der Waals surface area (Å²) in [7, 11) is 0. The number of nitrogens with zero attached hydrogens (tertiary/aromatic N) is 1. The van der Waals surface area contributed by atoms with E-state index in [0.717, 1.165) is 18.7 Å². The Morgan fingerprint density at radius 3 is 2.43 bits per heavy atom. The Bertz CT molecular complexity index is 279. The second-order valence-electron chi connectivity index (χ2n) is 3.03. The molecule has 0 saturated heterocycles. The van der Waals surface area contributed by atoms with Gasteiger partial charge in [0.25, 0.3) is 0 Å². The Morgan fingerprint density at radius 1 is 1.36 bits per heavy atom. The van der Waals surface area contributed by atoms with Crippen LogP contribution in [-0.2, 0) is 0 Å². The van der Waals surface area contributed by atoms with Crippen molar-refractivity contribution in [2.75, 3.05) is 23.9 Å². The van der Waals surface area contributed by atoms with Crippen molar-refractivity contribution in [3.05, 3.63) is 36.4 Å². The van der Waals surface area contributed by atoms with Crippen LogP contribution in [0.5, 0.6) is 0 Å². The Kier molecular flexibility index (Phi) is 4.54. The van der Waals surface area contributed by atoms with Gasteiger partial charge in [-0.25, -0.2) is 0 Å². The van der Waals surface area contributed by atoms with Crippen LogP contribution in [0.15, 0.2) is 24.3 Å². The molecule has 0 saturated carbocycles. The molecule has 0 unspecified atom stereocenters. The predicted molar refractivity (Wildman–Crippen MR) is 63.8 cm³/mol. The molecule has 1 radical (unpaired) electrons. The summed E-state index contributed by atoms with van der Waals surface area (Å²) < 4.78 is 0. The summed E-state index contributed by atoms with van der Waals surface area (Å²) in [4.78, 5) is 2.23.